The van der Waals surface area contributed by atoms with E-state index in [-0.39, 0.29) is 12.1 Å². The molecule has 4 heteroatoms. The van der Waals surface area contributed by atoms with Crippen molar-refractivity contribution in [3.63, 3.8) is 0 Å². The highest BCUT2D eigenvalue weighted by molar-refractivity contribution is 5.87. The van der Waals surface area contributed by atoms with Crippen LogP contribution in [0.4, 0.5) is 0 Å². The van der Waals surface area contributed by atoms with E-state index in [9.17, 15) is 0 Å². The molecule has 0 saturated carbocycles. The van der Waals surface area contributed by atoms with Crippen LogP contribution in [0.1, 0.15) is 48.4 Å². The number of pyridine rings is 3. The average molecular weight is 583 g/mol. The third kappa shape index (κ3) is 5.61. The van der Waals surface area contributed by atoms with E-state index in [1.54, 1.807) is 0 Å². The summed E-state index contributed by atoms with van der Waals surface area (Å²) in [5, 5.41) is 4.95. The molecule has 218 valence electrons. The van der Waals surface area contributed by atoms with Crippen LogP contribution in [-0.4, -0.2) is 19.9 Å². The van der Waals surface area contributed by atoms with Gasteiger partial charge in [-0.3, -0.25) is 19.9 Å². The third-order valence-corrected chi connectivity index (χ3v) is 9.14. The van der Waals surface area contributed by atoms with Gasteiger partial charge in [0.25, 0.3) is 0 Å². The van der Waals surface area contributed by atoms with Gasteiger partial charge in [-0.25, -0.2) is 0 Å². The Kier molecular flexibility index (Phi) is 7.34. The van der Waals surface area contributed by atoms with E-state index in [0.29, 0.717) is 0 Å². The Morgan fingerprint density at radius 3 is 1.58 bits per heavy atom. The number of fused-ring (bicyclic) bond motifs is 2. The molecule has 0 aliphatic carbocycles. The number of piperidine rings is 1. The van der Waals surface area contributed by atoms with Crippen molar-refractivity contribution in [1.29, 1.82) is 0 Å². The summed E-state index contributed by atoms with van der Waals surface area (Å²) in [5.41, 5.74) is 7.57. The van der Waals surface area contributed by atoms with E-state index in [1.165, 1.54) is 21.5 Å². The normalized spacial score (nSPS) is 17.1. The van der Waals surface area contributed by atoms with Crippen molar-refractivity contribution in [2.75, 3.05) is 0 Å². The maximum absolute atomic E-state index is 5.31. The Bertz CT molecular complexity index is 1970. The highest BCUT2D eigenvalue weighted by Gasteiger charge is 2.34. The Hall–Kier alpha value is -5.19. The molecule has 4 nitrogen and oxygen atoms in total. The van der Waals surface area contributed by atoms with Crippen molar-refractivity contribution in [1.82, 2.24) is 19.9 Å². The second kappa shape index (κ2) is 12.1. The molecule has 0 radical (unpaired) electrons. The Labute approximate surface area is 264 Å². The van der Waals surface area contributed by atoms with Crippen LogP contribution >= 0.6 is 0 Å². The number of aromatic nitrogens is 3. The summed E-state index contributed by atoms with van der Waals surface area (Å²) < 4.78 is 0. The summed E-state index contributed by atoms with van der Waals surface area (Å²) >= 11 is 0. The number of likely N-dealkylation sites (tertiary alicyclic amines) is 1. The first-order valence-electron chi connectivity index (χ1n) is 15.9. The largest absolute Gasteiger partial charge is 0.280 e. The van der Waals surface area contributed by atoms with E-state index in [0.717, 1.165) is 65.4 Å². The van der Waals surface area contributed by atoms with Gasteiger partial charge in [0.2, 0.25) is 0 Å². The van der Waals surface area contributed by atoms with Crippen LogP contribution in [0.3, 0.4) is 0 Å². The summed E-state index contributed by atoms with van der Waals surface area (Å²) in [6, 6.07) is 49.7. The second-order valence-electron chi connectivity index (χ2n) is 12.0. The first-order chi connectivity index (χ1) is 22.3. The van der Waals surface area contributed by atoms with E-state index >= 15 is 0 Å². The average Bonchev–Trinajstić information content (AvgIpc) is 3.12. The Balaban J connectivity index is 1.17. The molecule has 1 fully saturated rings. The van der Waals surface area contributed by atoms with Crippen LogP contribution in [0.25, 0.3) is 44.1 Å². The van der Waals surface area contributed by atoms with Gasteiger partial charge in [0, 0.05) is 23.9 Å². The van der Waals surface area contributed by atoms with Crippen LogP contribution in [0.2, 0.25) is 0 Å². The smallest absolute Gasteiger partial charge is 0.0706 e. The number of benzene rings is 4. The second-order valence-corrected chi connectivity index (χ2v) is 12.0. The van der Waals surface area contributed by atoms with Gasteiger partial charge in [-0.1, -0.05) is 91.0 Å². The van der Waals surface area contributed by atoms with Crippen molar-refractivity contribution in [2.45, 2.75) is 37.9 Å². The topological polar surface area (TPSA) is 41.9 Å². The van der Waals surface area contributed by atoms with Crippen molar-refractivity contribution in [2.24, 2.45) is 0 Å². The monoisotopic (exact) mass is 582 g/mol. The lowest BCUT2D eigenvalue weighted by Gasteiger charge is -2.41. The van der Waals surface area contributed by atoms with Gasteiger partial charge in [0.05, 0.1) is 40.6 Å². The maximum Gasteiger partial charge on any atom is 0.0706 e. The Morgan fingerprint density at radius 1 is 0.511 bits per heavy atom. The lowest BCUT2D eigenvalue weighted by atomic mass is 9.90. The summed E-state index contributed by atoms with van der Waals surface area (Å²) in [4.78, 5) is 17.9. The minimum absolute atomic E-state index is 0.150. The lowest BCUT2D eigenvalue weighted by molar-refractivity contribution is 0.0674. The van der Waals surface area contributed by atoms with Crippen LogP contribution in [0.5, 0.6) is 0 Å². The van der Waals surface area contributed by atoms with Crippen LogP contribution < -0.4 is 0 Å². The van der Waals surface area contributed by atoms with E-state index in [4.69, 9.17) is 15.0 Å². The molecule has 8 rings (SSSR count). The summed E-state index contributed by atoms with van der Waals surface area (Å²) in [5.74, 6) is 0. The standard InChI is InChI=1S/C41H34N4/c1-3-12-31-26-33(23-21-29(31)10-1)36-15-7-17-38(43-36)40-19-9-20-41(45(40)28-35-14-5-6-25-42-35)39-18-8-16-37(44-39)34-24-22-30-11-2-4-13-32(30)27-34/h1-8,10-18,21-27,40-41H,9,19-20,28H2/t40-,41-/m1/s1. The van der Waals surface area contributed by atoms with Crippen LogP contribution in [-0.2, 0) is 6.54 Å². The summed E-state index contributed by atoms with van der Waals surface area (Å²) in [6.07, 6.45) is 5.09. The molecule has 0 unspecified atom stereocenters. The third-order valence-electron chi connectivity index (χ3n) is 9.14. The summed E-state index contributed by atoms with van der Waals surface area (Å²) in [7, 11) is 0. The summed E-state index contributed by atoms with van der Waals surface area (Å²) in [6.45, 7) is 0.736. The minimum atomic E-state index is 0.150. The molecule has 0 spiro atoms. The molecule has 1 aliphatic rings. The van der Waals surface area contributed by atoms with Gasteiger partial charge >= 0.3 is 0 Å². The quantitative estimate of drug-likeness (QED) is 0.196. The molecule has 4 heterocycles. The molecule has 0 N–H and O–H groups in total. The van der Waals surface area contributed by atoms with Crippen LogP contribution in [0.15, 0.2) is 146 Å². The predicted octanol–water partition coefficient (Wildman–Crippen LogP) is 9.98. The first-order valence-corrected chi connectivity index (χ1v) is 15.9. The van der Waals surface area contributed by atoms with Crippen LogP contribution in [0, 0.1) is 0 Å². The predicted molar refractivity (Wildman–Crippen MR) is 183 cm³/mol. The SMILES string of the molecule is c1ccc(CN2[C@@H](c3cccc(-c4ccc5ccccc5c4)n3)CCC[C@@H]2c2cccc(-c3ccc4ccccc4c3)n2)nc1. The van der Waals surface area contributed by atoms with E-state index in [1.807, 2.05) is 12.3 Å². The number of hydrogen-bond donors (Lipinski definition) is 0. The van der Waals surface area contributed by atoms with Crippen molar-refractivity contribution < 1.29 is 0 Å². The zero-order valence-corrected chi connectivity index (χ0v) is 25.1. The highest BCUT2D eigenvalue weighted by atomic mass is 15.2. The van der Waals surface area contributed by atoms with Crippen molar-refractivity contribution >= 4 is 21.5 Å². The van der Waals surface area contributed by atoms with Gasteiger partial charge in [-0.15, -0.1) is 0 Å². The van der Waals surface area contributed by atoms with Gasteiger partial charge in [0.1, 0.15) is 0 Å². The molecule has 2 atom stereocenters. The lowest BCUT2D eigenvalue weighted by Crippen LogP contribution is -2.37. The highest BCUT2D eigenvalue weighted by Crippen LogP contribution is 2.42. The Morgan fingerprint density at radius 2 is 1.04 bits per heavy atom. The van der Waals surface area contributed by atoms with E-state index in [2.05, 4.69) is 138 Å². The van der Waals surface area contributed by atoms with Crippen molar-refractivity contribution in [3.8, 4) is 22.5 Å². The van der Waals surface area contributed by atoms with E-state index < -0.39 is 0 Å². The molecule has 0 amide bonds. The molecular weight excluding hydrogens is 548 g/mol. The van der Waals surface area contributed by atoms with Crippen molar-refractivity contribution in [3.05, 3.63) is 163 Å². The molecule has 4 aromatic carbocycles. The van der Waals surface area contributed by atoms with Gasteiger partial charge in [0.15, 0.2) is 0 Å². The first kappa shape index (κ1) is 27.4. The molecule has 1 saturated heterocycles. The van der Waals surface area contributed by atoms with Gasteiger partial charge in [-0.05, 0) is 89.3 Å². The zero-order valence-electron chi connectivity index (χ0n) is 25.1. The fraction of sp³-hybridized carbons (Fsp3) is 0.146. The minimum Gasteiger partial charge on any atom is -0.280 e. The zero-order chi connectivity index (χ0) is 30.0. The molecular formula is C41H34N4. The number of hydrogen-bond acceptors (Lipinski definition) is 4. The molecule has 0 bridgehead atoms. The van der Waals surface area contributed by atoms with Gasteiger partial charge in [-0.2, -0.15) is 0 Å². The molecule has 3 aromatic heterocycles. The molecule has 45 heavy (non-hydrogen) atoms. The fourth-order valence-corrected chi connectivity index (χ4v) is 6.88. The molecule has 7 aromatic rings. The van der Waals surface area contributed by atoms with Gasteiger partial charge < -0.3 is 0 Å². The number of rotatable bonds is 6. The maximum atomic E-state index is 5.31. The fourth-order valence-electron chi connectivity index (χ4n) is 6.88. The molecule has 1 aliphatic heterocycles. The number of nitrogens with zero attached hydrogens (tertiary/aromatic N) is 4.